The van der Waals surface area contributed by atoms with Gasteiger partial charge in [0.25, 0.3) is 17.3 Å². The first-order valence-corrected chi connectivity index (χ1v) is 9.13. The van der Waals surface area contributed by atoms with Crippen molar-refractivity contribution in [2.24, 2.45) is 0 Å². The van der Waals surface area contributed by atoms with Gasteiger partial charge in [0.1, 0.15) is 11.3 Å². The van der Waals surface area contributed by atoms with Crippen LogP contribution in [0.15, 0.2) is 30.3 Å². The van der Waals surface area contributed by atoms with E-state index in [9.17, 15) is 29.8 Å². The van der Waals surface area contributed by atoms with Crippen LogP contribution in [-0.4, -0.2) is 41.5 Å². The Morgan fingerprint density at radius 3 is 2.32 bits per heavy atom. The summed E-state index contributed by atoms with van der Waals surface area (Å²) in [6.07, 6.45) is 0.580. The highest BCUT2D eigenvalue weighted by Gasteiger charge is 2.25. The average molecular weight is 452 g/mol. The summed E-state index contributed by atoms with van der Waals surface area (Å²) < 4.78 is 15.6. The van der Waals surface area contributed by atoms with Gasteiger partial charge in [0, 0.05) is 23.6 Å². The van der Waals surface area contributed by atoms with Gasteiger partial charge >= 0.3 is 5.97 Å². The number of carbonyl (C=O) groups is 2. The fraction of sp³-hybridized carbons (Fsp3) is 0.222. The molecule has 13 heteroatoms. The Kier molecular flexibility index (Phi) is 6.50. The van der Waals surface area contributed by atoms with Gasteiger partial charge in [-0.25, -0.2) is 4.79 Å². The number of benzene rings is 2. The summed E-state index contributed by atoms with van der Waals surface area (Å²) in [5, 5.41) is 24.7. The number of nitrogens with one attached hydrogen (secondary N) is 1. The Hall–Kier alpha value is -3.93. The molecule has 0 bridgehead atoms. The Bertz CT molecular complexity index is 1070. The van der Waals surface area contributed by atoms with Crippen LogP contribution >= 0.6 is 11.6 Å². The number of nitro groups is 2. The summed E-state index contributed by atoms with van der Waals surface area (Å²) in [6.45, 7) is -0.192. The van der Waals surface area contributed by atoms with Crippen molar-refractivity contribution in [1.29, 1.82) is 0 Å². The molecule has 2 aromatic rings. The SMILES string of the molecule is O=C(COC(=O)c1ccc(Cl)cc1[N+](=O)[O-])Nc1cc2c(cc1[N+](=O)[O-])OCCCO2. The third-order valence-corrected chi connectivity index (χ3v) is 4.28. The lowest BCUT2D eigenvalue weighted by atomic mass is 10.2. The van der Waals surface area contributed by atoms with Crippen molar-refractivity contribution in [2.75, 3.05) is 25.1 Å². The zero-order valence-corrected chi connectivity index (χ0v) is 16.4. The number of esters is 1. The molecule has 0 aliphatic carbocycles. The van der Waals surface area contributed by atoms with Gasteiger partial charge in [0.05, 0.1) is 29.1 Å². The molecule has 1 aliphatic rings. The summed E-state index contributed by atoms with van der Waals surface area (Å²) in [6, 6.07) is 5.68. The number of ether oxygens (including phenoxy) is 3. The second-order valence-corrected chi connectivity index (χ2v) is 6.60. The number of rotatable bonds is 6. The number of nitrogens with zero attached hydrogens (tertiary/aromatic N) is 2. The number of hydrogen-bond donors (Lipinski definition) is 1. The van der Waals surface area contributed by atoms with Gasteiger partial charge in [-0.05, 0) is 12.1 Å². The predicted octanol–water partition coefficient (Wildman–Crippen LogP) is 3.11. The van der Waals surface area contributed by atoms with Crippen molar-refractivity contribution in [3.63, 3.8) is 0 Å². The molecule has 162 valence electrons. The van der Waals surface area contributed by atoms with Crippen molar-refractivity contribution < 1.29 is 33.6 Å². The van der Waals surface area contributed by atoms with E-state index >= 15 is 0 Å². The van der Waals surface area contributed by atoms with Crippen LogP contribution in [0.3, 0.4) is 0 Å². The van der Waals surface area contributed by atoms with E-state index in [0.717, 1.165) is 18.2 Å². The van der Waals surface area contributed by atoms with Gasteiger partial charge in [-0.2, -0.15) is 0 Å². The van der Waals surface area contributed by atoms with Gasteiger partial charge in [0.2, 0.25) is 0 Å². The van der Waals surface area contributed by atoms with Gasteiger partial charge in [-0.15, -0.1) is 0 Å². The third kappa shape index (κ3) is 5.17. The molecule has 1 aliphatic heterocycles. The molecule has 0 spiro atoms. The Morgan fingerprint density at radius 1 is 1.03 bits per heavy atom. The standard InChI is InChI=1S/C18H14ClN3O9/c19-10-2-3-11(13(6-10)21(25)26)18(24)31-9-17(23)20-12-7-15-16(8-14(12)22(27)28)30-5-1-4-29-15/h2-3,6-8H,1,4-5,9H2,(H,20,23). The molecule has 0 saturated heterocycles. The Labute approximate surface area is 178 Å². The molecule has 1 heterocycles. The zero-order chi connectivity index (χ0) is 22.5. The van der Waals surface area contributed by atoms with Crippen LogP contribution in [0, 0.1) is 20.2 Å². The number of amides is 1. The van der Waals surface area contributed by atoms with Crippen molar-refractivity contribution in [3.8, 4) is 11.5 Å². The Balaban J connectivity index is 1.73. The van der Waals surface area contributed by atoms with Crippen LogP contribution in [0.1, 0.15) is 16.8 Å². The maximum absolute atomic E-state index is 12.2. The van der Waals surface area contributed by atoms with Crippen LogP contribution in [0.4, 0.5) is 17.1 Å². The Morgan fingerprint density at radius 2 is 1.68 bits per heavy atom. The number of halogens is 1. The first-order valence-electron chi connectivity index (χ1n) is 8.75. The number of carbonyl (C=O) groups excluding carboxylic acids is 2. The number of anilines is 1. The summed E-state index contributed by atoms with van der Waals surface area (Å²) in [4.78, 5) is 45.2. The third-order valence-electron chi connectivity index (χ3n) is 4.05. The van der Waals surface area contributed by atoms with E-state index in [-0.39, 0.29) is 22.2 Å². The second kappa shape index (κ2) is 9.26. The van der Waals surface area contributed by atoms with E-state index < -0.39 is 45.3 Å². The molecule has 1 N–H and O–H groups in total. The van der Waals surface area contributed by atoms with Gasteiger partial charge < -0.3 is 19.5 Å². The predicted molar refractivity (Wildman–Crippen MR) is 106 cm³/mol. The molecular weight excluding hydrogens is 438 g/mol. The summed E-state index contributed by atoms with van der Waals surface area (Å²) in [5.41, 5.74) is -1.62. The van der Waals surface area contributed by atoms with Gasteiger partial charge in [-0.1, -0.05) is 11.6 Å². The van der Waals surface area contributed by atoms with E-state index in [2.05, 4.69) is 5.32 Å². The lowest BCUT2D eigenvalue weighted by Gasteiger charge is -2.11. The largest absolute Gasteiger partial charge is 0.489 e. The van der Waals surface area contributed by atoms with E-state index in [1.165, 1.54) is 12.1 Å². The first-order chi connectivity index (χ1) is 14.8. The van der Waals surface area contributed by atoms with Gasteiger partial charge in [-0.3, -0.25) is 25.0 Å². The van der Waals surface area contributed by atoms with E-state index in [4.69, 9.17) is 25.8 Å². The molecule has 0 atom stereocenters. The molecule has 0 radical (unpaired) electrons. The monoisotopic (exact) mass is 451 g/mol. The lowest BCUT2D eigenvalue weighted by molar-refractivity contribution is -0.385. The minimum Gasteiger partial charge on any atom is -0.489 e. The molecule has 1 amide bonds. The highest BCUT2D eigenvalue weighted by molar-refractivity contribution is 6.31. The fourth-order valence-electron chi connectivity index (χ4n) is 2.67. The quantitative estimate of drug-likeness (QED) is 0.395. The van der Waals surface area contributed by atoms with Crippen LogP contribution in [0.25, 0.3) is 0 Å². The van der Waals surface area contributed by atoms with Crippen LogP contribution in [0.2, 0.25) is 5.02 Å². The van der Waals surface area contributed by atoms with Crippen molar-refractivity contribution in [3.05, 3.63) is 61.1 Å². The number of fused-ring (bicyclic) bond motifs is 1. The maximum atomic E-state index is 12.2. The van der Waals surface area contributed by atoms with Crippen LogP contribution in [0.5, 0.6) is 11.5 Å². The van der Waals surface area contributed by atoms with Crippen molar-refractivity contribution >= 4 is 40.5 Å². The topological polar surface area (TPSA) is 160 Å². The molecule has 2 aromatic carbocycles. The molecule has 0 saturated carbocycles. The molecule has 0 aromatic heterocycles. The smallest absolute Gasteiger partial charge is 0.345 e. The normalized spacial score (nSPS) is 12.4. The van der Waals surface area contributed by atoms with E-state index in [1.807, 2.05) is 0 Å². The second-order valence-electron chi connectivity index (χ2n) is 6.17. The summed E-state index contributed by atoms with van der Waals surface area (Å²) in [5.74, 6) is -1.65. The fourth-order valence-corrected chi connectivity index (χ4v) is 2.84. The molecule has 3 rings (SSSR count). The molecule has 0 fully saturated rings. The van der Waals surface area contributed by atoms with Gasteiger partial charge in [0.15, 0.2) is 18.1 Å². The van der Waals surface area contributed by atoms with Crippen LogP contribution < -0.4 is 14.8 Å². The molecule has 0 unspecified atom stereocenters. The molecule has 12 nitrogen and oxygen atoms in total. The highest BCUT2D eigenvalue weighted by atomic mass is 35.5. The van der Waals surface area contributed by atoms with Crippen molar-refractivity contribution in [1.82, 2.24) is 0 Å². The molecular formula is C18H14ClN3O9. The minimum atomic E-state index is -1.13. The minimum absolute atomic E-state index is 0.0442. The number of nitro benzene ring substituents is 2. The number of hydrogen-bond acceptors (Lipinski definition) is 9. The zero-order valence-electron chi connectivity index (χ0n) is 15.7. The molecule has 31 heavy (non-hydrogen) atoms. The van der Waals surface area contributed by atoms with E-state index in [1.54, 1.807) is 0 Å². The summed E-state index contributed by atoms with van der Waals surface area (Å²) >= 11 is 5.69. The first kappa shape index (κ1) is 21.8. The van der Waals surface area contributed by atoms with Crippen molar-refractivity contribution in [2.45, 2.75) is 6.42 Å². The lowest BCUT2D eigenvalue weighted by Crippen LogP contribution is -2.22. The van der Waals surface area contributed by atoms with E-state index in [0.29, 0.717) is 19.6 Å². The highest BCUT2D eigenvalue weighted by Crippen LogP contribution is 2.39. The van der Waals surface area contributed by atoms with Crippen LogP contribution in [-0.2, 0) is 9.53 Å². The summed E-state index contributed by atoms with van der Waals surface area (Å²) in [7, 11) is 0. The maximum Gasteiger partial charge on any atom is 0.345 e. The average Bonchev–Trinajstić information content (AvgIpc) is 2.96.